The third-order valence-electron chi connectivity index (χ3n) is 4.36. The zero-order valence-electron chi connectivity index (χ0n) is 16.2. The van der Waals surface area contributed by atoms with Crippen molar-refractivity contribution >= 4 is 11.9 Å². The lowest BCUT2D eigenvalue weighted by Gasteiger charge is -2.34. The molecule has 0 atom stereocenters. The van der Waals surface area contributed by atoms with Crippen LogP contribution in [0.3, 0.4) is 0 Å². The Labute approximate surface area is 156 Å². The standard InChI is InChI=1S/C16H26O4.C4H6O2/c1-12(2)15(17)20-16(3,18-13-8-4-5-9-13)19-14-10-6-7-11-14;1-3(2)4(5)6/h13-14H,1,4-11H2,2-3H3;1H2,2H3,(H,5,6). The lowest BCUT2D eigenvalue weighted by molar-refractivity contribution is -0.376. The maximum Gasteiger partial charge on any atom is 0.337 e. The molecule has 2 aliphatic carbocycles. The molecule has 0 unspecified atom stereocenters. The molecule has 0 radical (unpaired) electrons. The van der Waals surface area contributed by atoms with Gasteiger partial charge in [-0.15, -0.1) is 0 Å². The topological polar surface area (TPSA) is 82.1 Å². The molecule has 2 saturated carbocycles. The maximum atomic E-state index is 11.8. The van der Waals surface area contributed by atoms with E-state index in [1.165, 1.54) is 32.6 Å². The van der Waals surface area contributed by atoms with Crippen LogP contribution in [0.15, 0.2) is 24.3 Å². The van der Waals surface area contributed by atoms with E-state index in [0.29, 0.717) is 5.57 Å². The number of ether oxygens (including phenoxy) is 3. The van der Waals surface area contributed by atoms with E-state index < -0.39 is 17.9 Å². The van der Waals surface area contributed by atoms with Gasteiger partial charge in [0.1, 0.15) is 0 Å². The summed E-state index contributed by atoms with van der Waals surface area (Å²) in [7, 11) is 0. The van der Waals surface area contributed by atoms with Gasteiger partial charge in [-0.3, -0.25) is 0 Å². The molecule has 0 saturated heterocycles. The van der Waals surface area contributed by atoms with Crippen molar-refractivity contribution in [2.24, 2.45) is 0 Å². The Hall–Kier alpha value is -1.66. The number of hydrogen-bond acceptors (Lipinski definition) is 5. The van der Waals surface area contributed by atoms with E-state index in [0.717, 1.165) is 25.7 Å². The third kappa shape index (κ3) is 8.15. The van der Waals surface area contributed by atoms with Crippen molar-refractivity contribution in [1.82, 2.24) is 0 Å². The highest BCUT2D eigenvalue weighted by Gasteiger charge is 2.38. The van der Waals surface area contributed by atoms with Gasteiger partial charge in [0, 0.05) is 18.1 Å². The molecular formula is C20H32O6. The van der Waals surface area contributed by atoms with Gasteiger partial charge in [0.05, 0.1) is 12.2 Å². The molecule has 2 fully saturated rings. The van der Waals surface area contributed by atoms with Crippen molar-refractivity contribution in [2.75, 3.05) is 0 Å². The van der Waals surface area contributed by atoms with Crippen LogP contribution in [0.2, 0.25) is 0 Å². The molecule has 6 nitrogen and oxygen atoms in total. The van der Waals surface area contributed by atoms with Crippen molar-refractivity contribution in [1.29, 1.82) is 0 Å². The average molecular weight is 368 g/mol. The molecule has 6 heteroatoms. The number of aliphatic carboxylic acids is 1. The summed E-state index contributed by atoms with van der Waals surface area (Å²) in [6.07, 6.45) is 8.94. The van der Waals surface area contributed by atoms with E-state index >= 15 is 0 Å². The molecule has 2 aliphatic rings. The molecule has 0 aromatic carbocycles. The van der Waals surface area contributed by atoms with Crippen molar-refractivity contribution < 1.29 is 28.9 Å². The van der Waals surface area contributed by atoms with E-state index in [9.17, 15) is 9.59 Å². The lowest BCUT2D eigenvalue weighted by atomic mass is 10.3. The van der Waals surface area contributed by atoms with Crippen molar-refractivity contribution in [3.63, 3.8) is 0 Å². The zero-order valence-corrected chi connectivity index (χ0v) is 16.2. The number of carbonyl (C=O) groups excluding carboxylic acids is 1. The molecule has 0 aliphatic heterocycles. The predicted molar refractivity (Wildman–Crippen MR) is 98.4 cm³/mol. The molecular weight excluding hydrogens is 336 g/mol. The Morgan fingerprint density at radius 3 is 1.50 bits per heavy atom. The Bertz CT molecular complexity index is 482. The van der Waals surface area contributed by atoms with E-state index in [2.05, 4.69) is 13.2 Å². The zero-order chi connectivity index (χ0) is 19.7. The van der Waals surface area contributed by atoms with Crippen LogP contribution in [-0.4, -0.2) is 35.2 Å². The van der Waals surface area contributed by atoms with Crippen LogP contribution in [0, 0.1) is 0 Å². The predicted octanol–water partition coefficient (Wildman–Crippen LogP) is 4.34. The first kappa shape index (κ1) is 22.4. The van der Waals surface area contributed by atoms with E-state index in [1.807, 2.05) is 0 Å². The summed E-state index contributed by atoms with van der Waals surface area (Å²) in [5.41, 5.74) is 0.538. The third-order valence-corrected chi connectivity index (χ3v) is 4.36. The van der Waals surface area contributed by atoms with E-state index in [-0.39, 0.29) is 17.8 Å². The van der Waals surface area contributed by atoms with Crippen molar-refractivity contribution in [2.45, 2.75) is 90.3 Å². The van der Waals surface area contributed by atoms with Gasteiger partial charge in [0.15, 0.2) is 0 Å². The largest absolute Gasteiger partial charge is 0.478 e. The first-order valence-electron chi connectivity index (χ1n) is 9.26. The summed E-state index contributed by atoms with van der Waals surface area (Å²) in [5.74, 6) is -2.67. The van der Waals surface area contributed by atoms with Crippen LogP contribution in [0.5, 0.6) is 0 Å². The Morgan fingerprint density at radius 2 is 1.23 bits per heavy atom. The number of carboxylic acids is 1. The molecule has 148 valence electrons. The van der Waals surface area contributed by atoms with Crippen LogP contribution >= 0.6 is 0 Å². The summed E-state index contributed by atoms with van der Waals surface area (Å²) in [4.78, 5) is 21.4. The molecule has 2 rings (SSSR count). The van der Waals surface area contributed by atoms with Crippen LogP contribution < -0.4 is 0 Å². The van der Waals surface area contributed by atoms with Gasteiger partial charge in [-0.25, -0.2) is 9.59 Å². The SMILES string of the molecule is C=C(C)C(=O)O.C=C(C)C(=O)OC(C)(OC1CCCC1)OC1CCCC1. The maximum absolute atomic E-state index is 11.8. The molecule has 26 heavy (non-hydrogen) atoms. The molecule has 0 aromatic rings. The normalized spacial score (nSPS) is 18.1. The van der Waals surface area contributed by atoms with Crippen LogP contribution in [0.1, 0.15) is 72.1 Å². The van der Waals surface area contributed by atoms with Crippen molar-refractivity contribution in [3.8, 4) is 0 Å². The van der Waals surface area contributed by atoms with Crippen LogP contribution in [0.4, 0.5) is 0 Å². The first-order chi connectivity index (χ1) is 12.1. The number of carboxylic acid groups (broad SMARTS) is 1. The number of carbonyl (C=O) groups is 2. The quantitative estimate of drug-likeness (QED) is 0.409. The Balaban J connectivity index is 0.000000487. The average Bonchev–Trinajstić information content (AvgIpc) is 3.21. The smallest absolute Gasteiger partial charge is 0.337 e. The van der Waals surface area contributed by atoms with Crippen LogP contribution in [0.25, 0.3) is 0 Å². The molecule has 0 aromatic heterocycles. The van der Waals surface area contributed by atoms with Gasteiger partial charge in [-0.1, -0.05) is 38.8 Å². The minimum absolute atomic E-state index is 0.124. The fourth-order valence-corrected chi connectivity index (χ4v) is 2.95. The number of esters is 1. The highest BCUT2D eigenvalue weighted by molar-refractivity contribution is 5.87. The minimum Gasteiger partial charge on any atom is -0.478 e. The number of rotatable bonds is 7. The second-order valence-corrected chi connectivity index (χ2v) is 7.17. The Morgan fingerprint density at radius 1 is 0.885 bits per heavy atom. The number of hydrogen-bond donors (Lipinski definition) is 1. The van der Waals surface area contributed by atoms with Gasteiger partial charge in [-0.2, -0.15) is 0 Å². The van der Waals surface area contributed by atoms with E-state index in [4.69, 9.17) is 19.3 Å². The van der Waals surface area contributed by atoms with Gasteiger partial charge in [0.2, 0.25) is 0 Å². The monoisotopic (exact) mass is 368 g/mol. The fourth-order valence-electron chi connectivity index (χ4n) is 2.95. The summed E-state index contributed by atoms with van der Waals surface area (Å²) in [6.45, 7) is 11.6. The minimum atomic E-state index is -1.28. The first-order valence-corrected chi connectivity index (χ1v) is 9.26. The lowest BCUT2D eigenvalue weighted by Crippen LogP contribution is -2.43. The fraction of sp³-hybridized carbons (Fsp3) is 0.700. The van der Waals surface area contributed by atoms with Gasteiger partial charge in [-0.05, 0) is 39.5 Å². The van der Waals surface area contributed by atoms with Gasteiger partial charge < -0.3 is 19.3 Å². The molecule has 0 amide bonds. The van der Waals surface area contributed by atoms with Gasteiger partial charge in [0.25, 0.3) is 0 Å². The highest BCUT2D eigenvalue weighted by atomic mass is 16.9. The summed E-state index contributed by atoms with van der Waals surface area (Å²) in [6, 6.07) is 0. The van der Waals surface area contributed by atoms with Crippen LogP contribution in [-0.2, 0) is 23.8 Å². The van der Waals surface area contributed by atoms with Gasteiger partial charge >= 0.3 is 17.9 Å². The van der Waals surface area contributed by atoms with E-state index in [1.54, 1.807) is 13.8 Å². The summed E-state index contributed by atoms with van der Waals surface area (Å²) in [5, 5.41) is 7.89. The molecule has 0 spiro atoms. The summed E-state index contributed by atoms with van der Waals surface area (Å²) < 4.78 is 17.4. The summed E-state index contributed by atoms with van der Waals surface area (Å²) >= 11 is 0. The molecule has 0 bridgehead atoms. The second kappa shape index (κ2) is 10.5. The molecule has 0 heterocycles. The Kier molecular flexibility index (Phi) is 9.02. The highest BCUT2D eigenvalue weighted by Crippen LogP contribution is 2.32. The second-order valence-electron chi connectivity index (χ2n) is 7.17. The van der Waals surface area contributed by atoms with Crippen molar-refractivity contribution in [3.05, 3.63) is 24.3 Å². The molecule has 1 N–H and O–H groups in total.